The third-order valence-electron chi connectivity index (χ3n) is 4.03. The molecule has 1 N–H and O–H groups in total. The maximum atomic E-state index is 12.0. The van der Waals surface area contributed by atoms with Crippen molar-refractivity contribution in [2.45, 2.75) is 66.0 Å². The lowest BCUT2D eigenvalue weighted by molar-refractivity contribution is -0.133. The standard InChI is InChI=1S/C18H26N2O3.C2H6/c1-13(2)15-7-8-16(14(3)10-15)11-20(12-22)17(6-5-9-21)18(23)19-4;1-2/h7-10,12-13,17H,5-6,11H2,1-4H3,(H,19,23);1-2H3. The molecule has 1 atom stereocenters. The zero-order chi connectivity index (χ0) is 19.4. The fourth-order valence-corrected chi connectivity index (χ4v) is 2.51. The van der Waals surface area contributed by atoms with Crippen molar-refractivity contribution in [1.82, 2.24) is 10.2 Å². The molecule has 0 aliphatic carbocycles. The fraction of sp³-hybridized carbons (Fsp3) is 0.550. The Morgan fingerprint density at radius 2 is 1.88 bits per heavy atom. The van der Waals surface area contributed by atoms with Crippen LogP contribution in [0.3, 0.4) is 0 Å². The molecule has 0 saturated heterocycles. The van der Waals surface area contributed by atoms with Crippen LogP contribution in [0.4, 0.5) is 0 Å². The molecule has 0 saturated carbocycles. The summed E-state index contributed by atoms with van der Waals surface area (Å²) in [7, 11) is 1.53. The van der Waals surface area contributed by atoms with Crippen LogP contribution in [0.5, 0.6) is 0 Å². The van der Waals surface area contributed by atoms with E-state index in [0.29, 0.717) is 25.3 Å². The van der Waals surface area contributed by atoms with Crippen LogP contribution in [0, 0.1) is 6.92 Å². The molecule has 0 fully saturated rings. The van der Waals surface area contributed by atoms with E-state index in [1.807, 2.05) is 26.8 Å². The molecule has 0 bridgehead atoms. The number of rotatable bonds is 9. The summed E-state index contributed by atoms with van der Waals surface area (Å²) >= 11 is 0. The molecular weight excluding hydrogens is 316 g/mol. The highest BCUT2D eigenvalue weighted by Gasteiger charge is 2.24. The maximum absolute atomic E-state index is 12.0. The number of hydrogen-bond acceptors (Lipinski definition) is 3. The maximum Gasteiger partial charge on any atom is 0.242 e. The van der Waals surface area contributed by atoms with Gasteiger partial charge in [0.25, 0.3) is 0 Å². The Labute approximate surface area is 151 Å². The molecule has 1 rings (SSSR count). The minimum Gasteiger partial charge on any atom is -0.357 e. The van der Waals surface area contributed by atoms with Crippen LogP contribution in [0.25, 0.3) is 0 Å². The molecule has 0 heterocycles. The van der Waals surface area contributed by atoms with E-state index in [1.165, 1.54) is 17.5 Å². The molecule has 1 unspecified atom stereocenters. The second-order valence-electron chi connectivity index (χ2n) is 5.99. The summed E-state index contributed by atoms with van der Waals surface area (Å²) in [5, 5.41) is 2.56. The van der Waals surface area contributed by atoms with Crippen molar-refractivity contribution in [2.24, 2.45) is 0 Å². The number of hydrogen-bond donors (Lipinski definition) is 1. The van der Waals surface area contributed by atoms with Crippen molar-refractivity contribution in [2.75, 3.05) is 7.05 Å². The Bertz CT molecular complexity index is 556. The lowest BCUT2D eigenvalue weighted by Crippen LogP contribution is -2.45. The van der Waals surface area contributed by atoms with Gasteiger partial charge in [-0.05, 0) is 36.0 Å². The highest BCUT2D eigenvalue weighted by molar-refractivity contribution is 5.83. The lowest BCUT2D eigenvalue weighted by atomic mass is 9.97. The van der Waals surface area contributed by atoms with Gasteiger partial charge in [-0.1, -0.05) is 45.9 Å². The van der Waals surface area contributed by atoms with Gasteiger partial charge in [0.15, 0.2) is 0 Å². The number of likely N-dealkylation sites (N-methyl/N-ethyl adjacent to an activating group) is 1. The second-order valence-corrected chi connectivity index (χ2v) is 5.99. The van der Waals surface area contributed by atoms with E-state index in [4.69, 9.17) is 0 Å². The van der Waals surface area contributed by atoms with E-state index in [9.17, 15) is 14.4 Å². The molecule has 1 aromatic rings. The third-order valence-corrected chi connectivity index (χ3v) is 4.03. The smallest absolute Gasteiger partial charge is 0.242 e. The number of nitrogens with zero attached hydrogens (tertiary/aromatic N) is 1. The normalized spacial score (nSPS) is 11.2. The van der Waals surface area contributed by atoms with Gasteiger partial charge in [0.1, 0.15) is 12.3 Å². The zero-order valence-corrected chi connectivity index (χ0v) is 16.3. The van der Waals surface area contributed by atoms with Gasteiger partial charge in [-0.3, -0.25) is 9.59 Å². The second kappa shape index (κ2) is 12.2. The minimum atomic E-state index is -0.633. The van der Waals surface area contributed by atoms with Gasteiger partial charge in [-0.15, -0.1) is 0 Å². The molecule has 0 aromatic heterocycles. The Morgan fingerprint density at radius 3 is 2.32 bits per heavy atom. The molecule has 2 amide bonds. The first-order valence-electron chi connectivity index (χ1n) is 8.90. The van der Waals surface area contributed by atoms with Crippen LogP contribution >= 0.6 is 0 Å². The van der Waals surface area contributed by atoms with E-state index in [0.717, 1.165) is 17.4 Å². The summed E-state index contributed by atoms with van der Waals surface area (Å²) < 4.78 is 0. The highest BCUT2D eigenvalue weighted by atomic mass is 16.2. The molecule has 25 heavy (non-hydrogen) atoms. The Hall–Kier alpha value is -2.17. The average Bonchev–Trinajstić information content (AvgIpc) is 2.63. The molecule has 140 valence electrons. The van der Waals surface area contributed by atoms with E-state index in [1.54, 1.807) is 0 Å². The van der Waals surface area contributed by atoms with Gasteiger partial charge in [0.2, 0.25) is 12.3 Å². The van der Waals surface area contributed by atoms with Gasteiger partial charge in [-0.2, -0.15) is 0 Å². The number of amides is 2. The van der Waals surface area contributed by atoms with Gasteiger partial charge < -0.3 is 15.0 Å². The molecular formula is C20H32N2O3. The predicted molar refractivity (Wildman–Crippen MR) is 101 cm³/mol. The number of carbonyl (C=O) groups excluding carboxylic acids is 3. The minimum absolute atomic E-state index is 0.244. The van der Waals surface area contributed by atoms with Crippen LogP contribution in [0.2, 0.25) is 0 Å². The van der Waals surface area contributed by atoms with E-state index in [-0.39, 0.29) is 12.3 Å². The fourth-order valence-electron chi connectivity index (χ4n) is 2.51. The summed E-state index contributed by atoms with van der Waals surface area (Å²) in [6, 6.07) is 5.54. The predicted octanol–water partition coefficient (Wildman–Crippen LogP) is 3.20. The molecule has 0 spiro atoms. The van der Waals surface area contributed by atoms with Crippen molar-refractivity contribution in [3.05, 3.63) is 34.9 Å². The monoisotopic (exact) mass is 348 g/mol. The van der Waals surface area contributed by atoms with Crippen molar-refractivity contribution in [3.63, 3.8) is 0 Å². The van der Waals surface area contributed by atoms with Gasteiger partial charge in [-0.25, -0.2) is 0 Å². The Morgan fingerprint density at radius 1 is 1.24 bits per heavy atom. The molecule has 0 aliphatic heterocycles. The van der Waals surface area contributed by atoms with Crippen LogP contribution in [0.15, 0.2) is 18.2 Å². The average molecular weight is 348 g/mol. The van der Waals surface area contributed by atoms with Crippen LogP contribution < -0.4 is 5.32 Å². The van der Waals surface area contributed by atoms with E-state index < -0.39 is 6.04 Å². The summed E-state index contributed by atoms with van der Waals surface area (Å²) in [5.41, 5.74) is 3.34. The lowest BCUT2D eigenvalue weighted by Gasteiger charge is -2.27. The summed E-state index contributed by atoms with van der Waals surface area (Å²) in [6.45, 7) is 10.6. The summed E-state index contributed by atoms with van der Waals surface area (Å²) in [5.74, 6) is 0.187. The Kier molecular flexibility index (Phi) is 11.2. The van der Waals surface area contributed by atoms with Gasteiger partial charge >= 0.3 is 0 Å². The first-order valence-corrected chi connectivity index (χ1v) is 8.90. The number of benzene rings is 1. The quantitative estimate of drug-likeness (QED) is 0.697. The van der Waals surface area contributed by atoms with Crippen LogP contribution in [-0.2, 0) is 20.9 Å². The number of nitrogens with one attached hydrogen (secondary N) is 1. The Balaban J connectivity index is 0.00000277. The number of aryl methyl sites for hydroxylation is 1. The SMILES string of the molecule is CC.CNC(=O)C(CCC=O)N(C=O)Cc1ccc(C(C)C)cc1C. The van der Waals surface area contributed by atoms with Crippen molar-refractivity contribution < 1.29 is 14.4 Å². The molecule has 1 aromatic carbocycles. The van der Waals surface area contributed by atoms with E-state index in [2.05, 4.69) is 31.3 Å². The van der Waals surface area contributed by atoms with Crippen molar-refractivity contribution in [1.29, 1.82) is 0 Å². The van der Waals surface area contributed by atoms with Crippen molar-refractivity contribution in [3.8, 4) is 0 Å². The highest BCUT2D eigenvalue weighted by Crippen LogP contribution is 2.20. The molecule has 5 heteroatoms. The first kappa shape index (κ1) is 22.8. The summed E-state index contributed by atoms with van der Waals surface area (Å²) in [6.07, 6.45) is 2.01. The van der Waals surface area contributed by atoms with Gasteiger partial charge in [0.05, 0.1) is 0 Å². The first-order chi connectivity index (χ1) is 11.9. The molecule has 5 nitrogen and oxygen atoms in total. The number of aldehydes is 1. The largest absolute Gasteiger partial charge is 0.357 e. The van der Waals surface area contributed by atoms with E-state index >= 15 is 0 Å². The third kappa shape index (κ3) is 7.08. The molecule has 0 radical (unpaired) electrons. The van der Waals surface area contributed by atoms with Gasteiger partial charge in [0, 0.05) is 20.0 Å². The summed E-state index contributed by atoms with van der Waals surface area (Å²) in [4.78, 5) is 35.6. The molecule has 0 aliphatic rings. The topological polar surface area (TPSA) is 66.5 Å². The van der Waals surface area contributed by atoms with Crippen LogP contribution in [-0.4, -0.2) is 36.6 Å². The van der Waals surface area contributed by atoms with Crippen LogP contribution in [0.1, 0.15) is 63.1 Å². The van der Waals surface area contributed by atoms with Crippen molar-refractivity contribution >= 4 is 18.6 Å². The zero-order valence-electron chi connectivity index (χ0n) is 16.3. The number of carbonyl (C=O) groups is 3.